The normalized spacial score (nSPS) is 16.7. The first-order valence-corrected chi connectivity index (χ1v) is 13.7. The van der Waals surface area contributed by atoms with E-state index in [1.54, 1.807) is 30.3 Å². The number of carbonyl (C=O) groups excluding carboxylic acids is 3. The number of hydrogen-bond donors (Lipinski definition) is 2. The highest BCUT2D eigenvalue weighted by Crippen LogP contribution is 2.34. The molecule has 2 N–H and O–H groups in total. The first-order chi connectivity index (χ1) is 20.6. The number of aromatic amines is 1. The Labute approximate surface area is 249 Å². The quantitative estimate of drug-likeness (QED) is 0.237. The van der Waals surface area contributed by atoms with Crippen molar-refractivity contribution in [2.75, 3.05) is 7.11 Å². The summed E-state index contributed by atoms with van der Waals surface area (Å²) in [7, 11) is 1.22. The summed E-state index contributed by atoms with van der Waals surface area (Å²) < 4.78 is 36.3. The van der Waals surface area contributed by atoms with Gasteiger partial charge < -0.3 is 15.0 Å². The van der Waals surface area contributed by atoms with Crippen LogP contribution in [0.25, 0.3) is 23.0 Å². The first-order valence-electron chi connectivity index (χ1n) is 13.3. The van der Waals surface area contributed by atoms with Gasteiger partial charge in [0.2, 0.25) is 11.7 Å². The number of aromatic nitrogens is 6. The Kier molecular flexibility index (Phi) is 8.71. The molecule has 3 heterocycles. The molecule has 0 saturated heterocycles. The van der Waals surface area contributed by atoms with Crippen molar-refractivity contribution in [3.05, 3.63) is 82.5 Å². The number of rotatable bonds is 6. The fraction of sp³-hybridized carbons (Fsp3) is 0.276. The molecule has 1 aliphatic heterocycles. The molecule has 2 bridgehead atoms. The van der Waals surface area contributed by atoms with Crippen LogP contribution in [0.2, 0.25) is 5.02 Å². The summed E-state index contributed by atoms with van der Waals surface area (Å²) in [5.74, 6) is -5.57. The number of fused-ring (bicyclic) bond motifs is 4. The lowest BCUT2D eigenvalue weighted by atomic mass is 9.92. The molecule has 2 aromatic heterocycles. The largest absolute Gasteiger partial charge is 0.469 e. The number of amides is 1. The van der Waals surface area contributed by atoms with Gasteiger partial charge in [0.1, 0.15) is 12.2 Å². The highest BCUT2D eigenvalue weighted by Gasteiger charge is 2.40. The molecule has 222 valence electrons. The molecular formula is C29H26ClF2N7O4. The Morgan fingerprint density at radius 3 is 2.81 bits per heavy atom. The van der Waals surface area contributed by atoms with Gasteiger partial charge in [0.25, 0.3) is 0 Å². The molecule has 5 rings (SSSR count). The number of ether oxygens (including phenoxy) is 1. The van der Waals surface area contributed by atoms with E-state index >= 15 is 8.78 Å². The molecule has 0 saturated carbocycles. The maximum atomic E-state index is 15.1. The van der Waals surface area contributed by atoms with E-state index in [1.807, 2.05) is 0 Å². The van der Waals surface area contributed by atoms with Crippen molar-refractivity contribution in [2.24, 2.45) is 0 Å². The SMILES string of the molecule is COC(=O)Cc1ccc2c(c1)C(=O)C(F)(F)CCCC[C@H](NC(=O)/C=C/c1cc(Cl)ccc1-n1cnnn1)c1ncc-2[nH]1. The van der Waals surface area contributed by atoms with Gasteiger partial charge in [-0.3, -0.25) is 14.4 Å². The third-order valence-electron chi connectivity index (χ3n) is 7.00. The number of H-pyrrole nitrogens is 1. The average Bonchev–Trinajstić information content (AvgIpc) is 3.70. The Bertz CT molecular complexity index is 1690. The molecule has 0 unspecified atom stereocenters. The van der Waals surface area contributed by atoms with Gasteiger partial charge in [-0.2, -0.15) is 13.5 Å². The zero-order valence-corrected chi connectivity index (χ0v) is 23.6. The molecule has 0 radical (unpaired) electrons. The predicted octanol–water partition coefficient (Wildman–Crippen LogP) is 4.68. The molecule has 14 heteroatoms. The Morgan fingerprint density at radius 2 is 2.05 bits per heavy atom. The molecule has 1 aliphatic rings. The minimum absolute atomic E-state index is 0.0313. The van der Waals surface area contributed by atoms with E-state index in [1.165, 1.54) is 42.5 Å². The Hall–Kier alpha value is -4.78. The summed E-state index contributed by atoms with van der Waals surface area (Å²) in [6.07, 6.45) is 5.51. The number of imidazole rings is 1. The van der Waals surface area contributed by atoms with Crippen LogP contribution in [0.1, 0.15) is 59.0 Å². The van der Waals surface area contributed by atoms with E-state index in [4.69, 9.17) is 11.6 Å². The van der Waals surface area contributed by atoms with Gasteiger partial charge in [0.15, 0.2) is 0 Å². The number of Topliss-reactive ketones (excluding diaryl/α,β-unsaturated/α-hetero) is 1. The number of tetrazole rings is 1. The summed E-state index contributed by atoms with van der Waals surface area (Å²) in [6, 6.07) is 8.76. The highest BCUT2D eigenvalue weighted by atomic mass is 35.5. The van der Waals surface area contributed by atoms with E-state index < -0.39 is 36.0 Å². The molecule has 0 fully saturated rings. The molecule has 1 amide bonds. The third-order valence-corrected chi connectivity index (χ3v) is 7.24. The van der Waals surface area contributed by atoms with Crippen LogP contribution in [-0.4, -0.2) is 60.9 Å². The van der Waals surface area contributed by atoms with E-state index in [0.29, 0.717) is 46.2 Å². The van der Waals surface area contributed by atoms with Crippen molar-refractivity contribution in [1.29, 1.82) is 0 Å². The zero-order chi connectivity index (χ0) is 30.6. The van der Waals surface area contributed by atoms with Gasteiger partial charge in [0.05, 0.1) is 37.2 Å². The number of hydrogen-bond acceptors (Lipinski definition) is 8. The van der Waals surface area contributed by atoms with Crippen LogP contribution >= 0.6 is 11.6 Å². The fourth-order valence-electron chi connectivity index (χ4n) is 4.82. The molecule has 11 nitrogen and oxygen atoms in total. The summed E-state index contributed by atoms with van der Waals surface area (Å²) >= 11 is 6.16. The molecule has 1 atom stereocenters. The van der Waals surface area contributed by atoms with Gasteiger partial charge >= 0.3 is 11.9 Å². The molecule has 4 aromatic rings. The standard InChI is InChI=1S/C29H26ClF2N7O4/c1-43-26(41)13-17-5-8-20-21(12-17)27(42)29(31,32)11-3-2-4-22(28-33-15-23(20)36-28)35-25(40)10-6-18-14-19(30)7-9-24(18)39-16-34-37-38-39/h5-10,12,14-16,22H,2-4,11,13H2,1H3,(H,33,36)(H,35,40)/b10-6+/t22-/m0/s1. The van der Waals surface area contributed by atoms with Gasteiger partial charge in [-0.05, 0) is 59.2 Å². The van der Waals surface area contributed by atoms with Gasteiger partial charge in [0, 0.05) is 34.2 Å². The van der Waals surface area contributed by atoms with Crippen LogP contribution in [0.5, 0.6) is 0 Å². The number of ketones is 1. The van der Waals surface area contributed by atoms with Crippen molar-refractivity contribution in [3.8, 4) is 16.9 Å². The number of nitrogens with one attached hydrogen (secondary N) is 2. The van der Waals surface area contributed by atoms with Crippen molar-refractivity contribution >= 4 is 35.3 Å². The summed E-state index contributed by atoms with van der Waals surface area (Å²) in [4.78, 5) is 45.3. The number of alkyl halides is 2. The topological polar surface area (TPSA) is 145 Å². The molecule has 43 heavy (non-hydrogen) atoms. The molecular weight excluding hydrogens is 584 g/mol. The molecule has 0 spiro atoms. The smallest absolute Gasteiger partial charge is 0.309 e. The van der Waals surface area contributed by atoms with Gasteiger partial charge in [-0.1, -0.05) is 30.2 Å². The zero-order valence-electron chi connectivity index (χ0n) is 22.9. The number of halogens is 3. The van der Waals surface area contributed by atoms with Crippen LogP contribution < -0.4 is 5.32 Å². The second-order valence-corrected chi connectivity index (χ2v) is 10.4. The lowest BCUT2D eigenvalue weighted by Crippen LogP contribution is -2.30. The van der Waals surface area contributed by atoms with Crippen molar-refractivity contribution < 1.29 is 27.9 Å². The monoisotopic (exact) mass is 609 g/mol. The first kappa shape index (κ1) is 29.7. The Balaban J connectivity index is 1.43. The summed E-state index contributed by atoms with van der Waals surface area (Å²) in [5.41, 5.74) is 1.85. The minimum Gasteiger partial charge on any atom is -0.469 e. The predicted molar refractivity (Wildman–Crippen MR) is 152 cm³/mol. The number of methoxy groups -OCH3 is 1. The second kappa shape index (κ2) is 12.6. The third kappa shape index (κ3) is 6.83. The van der Waals surface area contributed by atoms with Crippen LogP contribution in [0.15, 0.2) is 55.0 Å². The number of esters is 1. The van der Waals surface area contributed by atoms with Crippen LogP contribution in [0, 0.1) is 0 Å². The second-order valence-electron chi connectivity index (χ2n) is 9.95. The van der Waals surface area contributed by atoms with E-state index in [2.05, 4.69) is 35.5 Å². The molecule has 0 aliphatic carbocycles. The van der Waals surface area contributed by atoms with Gasteiger partial charge in [-0.15, -0.1) is 5.10 Å². The fourth-order valence-corrected chi connectivity index (χ4v) is 5.00. The Morgan fingerprint density at radius 1 is 1.21 bits per heavy atom. The lowest BCUT2D eigenvalue weighted by Gasteiger charge is -2.20. The van der Waals surface area contributed by atoms with Crippen LogP contribution in [0.3, 0.4) is 0 Å². The van der Waals surface area contributed by atoms with Crippen molar-refractivity contribution in [2.45, 2.75) is 44.1 Å². The summed E-state index contributed by atoms with van der Waals surface area (Å²) in [6.45, 7) is 0. The maximum Gasteiger partial charge on any atom is 0.309 e. The van der Waals surface area contributed by atoms with Crippen molar-refractivity contribution in [3.63, 3.8) is 0 Å². The van der Waals surface area contributed by atoms with Crippen molar-refractivity contribution in [1.82, 2.24) is 35.5 Å². The molecule has 2 aromatic carbocycles. The highest BCUT2D eigenvalue weighted by molar-refractivity contribution is 6.30. The van der Waals surface area contributed by atoms with Gasteiger partial charge in [-0.25, -0.2) is 4.98 Å². The van der Waals surface area contributed by atoms with E-state index in [-0.39, 0.29) is 24.0 Å². The average molecular weight is 610 g/mol. The minimum atomic E-state index is -3.63. The number of nitrogens with zero attached hydrogens (tertiary/aromatic N) is 5. The maximum absolute atomic E-state index is 15.1. The van der Waals surface area contributed by atoms with E-state index in [9.17, 15) is 14.4 Å². The lowest BCUT2D eigenvalue weighted by molar-refractivity contribution is -0.139. The van der Waals surface area contributed by atoms with Crippen LogP contribution in [-0.2, 0) is 20.7 Å². The van der Waals surface area contributed by atoms with E-state index in [0.717, 1.165) is 0 Å². The number of carbonyl (C=O) groups is 3. The number of benzene rings is 2. The van der Waals surface area contributed by atoms with Crippen LogP contribution in [0.4, 0.5) is 8.78 Å². The summed E-state index contributed by atoms with van der Waals surface area (Å²) in [5, 5.41) is 14.5.